The summed E-state index contributed by atoms with van der Waals surface area (Å²) in [5.41, 5.74) is 0.438. The number of nitrogens with one attached hydrogen (secondary N) is 3. The van der Waals surface area contributed by atoms with Gasteiger partial charge in [-0.3, -0.25) is 4.79 Å². The number of piperidine rings is 1. The fourth-order valence-corrected chi connectivity index (χ4v) is 5.65. The molecule has 0 bridgehead atoms. The molecule has 10 nitrogen and oxygen atoms in total. The summed E-state index contributed by atoms with van der Waals surface area (Å²) in [6.45, 7) is 6.33. The molecule has 0 radical (unpaired) electrons. The average molecular weight is 547 g/mol. The van der Waals surface area contributed by atoms with Crippen LogP contribution in [-0.2, 0) is 20.4 Å². The summed E-state index contributed by atoms with van der Waals surface area (Å²) >= 11 is 0. The SMILES string of the molecule is COc1ccccc1C(=O)NCC1(c2ccccc2)CCN(S(=O)(=O)NCCNC(=O)OC(C)(C)C)CC1. The van der Waals surface area contributed by atoms with Crippen molar-refractivity contribution in [3.05, 3.63) is 65.7 Å². The Labute approximate surface area is 225 Å². The van der Waals surface area contributed by atoms with Gasteiger partial charge in [0.05, 0.1) is 12.7 Å². The minimum absolute atomic E-state index is 0.0386. The molecular formula is C27H38N4O6S. The van der Waals surface area contributed by atoms with Crippen LogP contribution in [0.1, 0.15) is 49.5 Å². The standard InChI is InChI=1S/C27H38N4O6S/c1-26(2,3)37-25(33)28-16-17-30-38(34,35)31-18-14-27(15-19-31,21-10-6-5-7-11-21)20-29-24(32)22-12-8-9-13-23(22)36-4/h5-13,30H,14-20H2,1-4H3,(H,28,33)(H,29,32). The first-order valence-corrected chi connectivity index (χ1v) is 14.1. The molecule has 0 aromatic heterocycles. The molecule has 3 N–H and O–H groups in total. The van der Waals surface area contributed by atoms with Gasteiger partial charge in [-0.05, 0) is 51.3 Å². The molecule has 3 rings (SSSR count). The number of methoxy groups -OCH3 is 1. The van der Waals surface area contributed by atoms with Gasteiger partial charge in [-0.1, -0.05) is 42.5 Å². The molecule has 0 aliphatic carbocycles. The van der Waals surface area contributed by atoms with Crippen LogP contribution in [0.3, 0.4) is 0 Å². The number of ether oxygens (including phenoxy) is 2. The number of para-hydroxylation sites is 1. The van der Waals surface area contributed by atoms with E-state index in [0.29, 0.717) is 30.7 Å². The predicted molar refractivity (Wildman–Crippen MR) is 145 cm³/mol. The number of alkyl carbamates (subject to hydrolysis) is 1. The molecule has 38 heavy (non-hydrogen) atoms. The van der Waals surface area contributed by atoms with Crippen molar-refractivity contribution >= 4 is 22.2 Å². The summed E-state index contributed by atoms with van der Waals surface area (Å²) in [7, 11) is -2.22. The Balaban J connectivity index is 1.61. The first kappa shape index (κ1) is 29.4. The highest BCUT2D eigenvalue weighted by atomic mass is 32.2. The number of rotatable bonds is 10. The van der Waals surface area contributed by atoms with E-state index in [1.807, 2.05) is 30.3 Å². The summed E-state index contributed by atoms with van der Waals surface area (Å²) in [6.07, 6.45) is 0.457. The molecule has 1 aliphatic rings. The number of carbonyl (C=O) groups excluding carboxylic acids is 2. The maximum absolute atomic E-state index is 13.0. The van der Waals surface area contributed by atoms with Gasteiger partial charge in [-0.15, -0.1) is 0 Å². The lowest BCUT2D eigenvalue weighted by atomic mass is 9.73. The van der Waals surface area contributed by atoms with Gasteiger partial charge in [0.1, 0.15) is 11.4 Å². The highest BCUT2D eigenvalue weighted by Gasteiger charge is 2.39. The number of amides is 2. The minimum atomic E-state index is -3.74. The zero-order valence-electron chi connectivity index (χ0n) is 22.5. The van der Waals surface area contributed by atoms with E-state index >= 15 is 0 Å². The highest BCUT2D eigenvalue weighted by molar-refractivity contribution is 7.87. The van der Waals surface area contributed by atoms with E-state index in [-0.39, 0.29) is 32.1 Å². The Kier molecular flexibility index (Phi) is 9.75. The minimum Gasteiger partial charge on any atom is -0.496 e. The van der Waals surface area contributed by atoms with E-state index in [0.717, 1.165) is 5.56 Å². The molecule has 1 aliphatic heterocycles. The van der Waals surface area contributed by atoms with Crippen molar-refractivity contribution in [1.29, 1.82) is 0 Å². The van der Waals surface area contributed by atoms with Gasteiger partial charge >= 0.3 is 6.09 Å². The molecular weight excluding hydrogens is 508 g/mol. The van der Waals surface area contributed by atoms with Crippen LogP contribution in [0.15, 0.2) is 54.6 Å². The number of benzene rings is 2. The summed E-state index contributed by atoms with van der Waals surface area (Å²) < 4.78 is 40.3. The van der Waals surface area contributed by atoms with Crippen LogP contribution in [0.25, 0.3) is 0 Å². The van der Waals surface area contributed by atoms with Crippen molar-refractivity contribution in [1.82, 2.24) is 19.7 Å². The van der Waals surface area contributed by atoms with Gasteiger partial charge in [0.15, 0.2) is 0 Å². The van der Waals surface area contributed by atoms with Gasteiger partial charge in [0, 0.05) is 38.1 Å². The summed E-state index contributed by atoms with van der Waals surface area (Å²) in [5, 5.41) is 5.59. The van der Waals surface area contributed by atoms with Gasteiger partial charge in [-0.2, -0.15) is 12.7 Å². The lowest BCUT2D eigenvalue weighted by molar-refractivity contribution is 0.0528. The van der Waals surface area contributed by atoms with Crippen LogP contribution in [0.2, 0.25) is 0 Å². The van der Waals surface area contributed by atoms with Gasteiger partial charge in [0.25, 0.3) is 16.1 Å². The zero-order valence-corrected chi connectivity index (χ0v) is 23.3. The van der Waals surface area contributed by atoms with Crippen molar-refractivity contribution in [3.63, 3.8) is 0 Å². The van der Waals surface area contributed by atoms with Crippen molar-refractivity contribution in [2.75, 3.05) is 39.8 Å². The number of nitrogens with zero attached hydrogens (tertiary/aromatic N) is 1. The summed E-state index contributed by atoms with van der Waals surface area (Å²) in [4.78, 5) is 24.8. The zero-order chi connectivity index (χ0) is 27.8. The first-order valence-electron chi connectivity index (χ1n) is 12.6. The third-order valence-electron chi connectivity index (χ3n) is 6.42. The van der Waals surface area contributed by atoms with E-state index < -0.39 is 27.3 Å². The number of hydrogen-bond donors (Lipinski definition) is 3. The molecule has 11 heteroatoms. The second-order valence-corrected chi connectivity index (χ2v) is 12.0. The highest BCUT2D eigenvalue weighted by Crippen LogP contribution is 2.36. The molecule has 2 aromatic carbocycles. The summed E-state index contributed by atoms with van der Waals surface area (Å²) in [5.74, 6) is 0.249. The van der Waals surface area contributed by atoms with Gasteiger partial charge in [-0.25, -0.2) is 9.52 Å². The van der Waals surface area contributed by atoms with Crippen LogP contribution in [0.5, 0.6) is 5.75 Å². The van der Waals surface area contributed by atoms with Crippen LogP contribution in [0, 0.1) is 0 Å². The van der Waals surface area contributed by atoms with Crippen LogP contribution in [0.4, 0.5) is 4.79 Å². The van der Waals surface area contributed by atoms with Crippen molar-refractivity contribution in [2.24, 2.45) is 0 Å². The normalized spacial score (nSPS) is 15.9. The maximum atomic E-state index is 13.0. The number of carbonyl (C=O) groups is 2. The van der Waals surface area contributed by atoms with Crippen LogP contribution in [-0.4, -0.2) is 70.2 Å². The molecule has 0 unspecified atom stereocenters. The fraction of sp³-hybridized carbons (Fsp3) is 0.481. The average Bonchev–Trinajstić information content (AvgIpc) is 2.89. The molecule has 2 aromatic rings. The van der Waals surface area contributed by atoms with Gasteiger partial charge in [0.2, 0.25) is 0 Å². The molecule has 2 amide bonds. The Morgan fingerprint density at radius 2 is 1.58 bits per heavy atom. The van der Waals surface area contributed by atoms with E-state index in [2.05, 4.69) is 15.4 Å². The van der Waals surface area contributed by atoms with E-state index in [9.17, 15) is 18.0 Å². The van der Waals surface area contributed by atoms with Crippen LogP contribution < -0.4 is 20.1 Å². The smallest absolute Gasteiger partial charge is 0.407 e. The molecule has 0 spiro atoms. The predicted octanol–water partition coefficient (Wildman–Crippen LogP) is 2.82. The molecule has 0 saturated carbocycles. The third-order valence-corrected chi connectivity index (χ3v) is 8.04. The lowest BCUT2D eigenvalue weighted by Crippen LogP contribution is -2.53. The Bertz CT molecular complexity index is 1190. The molecule has 0 atom stereocenters. The Hall–Kier alpha value is -3.15. The van der Waals surface area contributed by atoms with E-state index in [1.165, 1.54) is 11.4 Å². The largest absolute Gasteiger partial charge is 0.496 e. The topological polar surface area (TPSA) is 126 Å². The second-order valence-electron chi connectivity index (χ2n) is 10.3. The van der Waals surface area contributed by atoms with Gasteiger partial charge < -0.3 is 20.1 Å². The monoisotopic (exact) mass is 546 g/mol. The Morgan fingerprint density at radius 3 is 2.21 bits per heavy atom. The fourth-order valence-electron chi connectivity index (χ4n) is 4.44. The molecule has 1 heterocycles. The molecule has 1 fully saturated rings. The second kappa shape index (κ2) is 12.6. The quantitative estimate of drug-likeness (QED) is 0.394. The maximum Gasteiger partial charge on any atom is 0.407 e. The third kappa shape index (κ3) is 7.92. The molecule has 208 valence electrons. The van der Waals surface area contributed by atoms with Crippen LogP contribution >= 0.6 is 0 Å². The Morgan fingerprint density at radius 1 is 0.947 bits per heavy atom. The number of hydrogen-bond acceptors (Lipinski definition) is 6. The van der Waals surface area contributed by atoms with Crippen molar-refractivity contribution in [2.45, 2.75) is 44.6 Å². The van der Waals surface area contributed by atoms with Crippen molar-refractivity contribution < 1.29 is 27.5 Å². The first-order chi connectivity index (χ1) is 18.0. The van der Waals surface area contributed by atoms with Crippen molar-refractivity contribution in [3.8, 4) is 5.75 Å². The summed E-state index contributed by atoms with van der Waals surface area (Å²) in [6, 6.07) is 16.9. The van der Waals surface area contributed by atoms with E-state index in [1.54, 1.807) is 45.0 Å². The van der Waals surface area contributed by atoms with E-state index in [4.69, 9.17) is 9.47 Å². The lowest BCUT2D eigenvalue weighted by Gasteiger charge is -2.41. The molecule has 1 saturated heterocycles.